The number of benzene rings is 2. The first-order valence-electron chi connectivity index (χ1n) is 9.43. The molecule has 152 valence electrons. The molecule has 0 aliphatic carbocycles. The SMILES string of the molecule is O=C(OCc1ccccc1)N1CCCC1Cn1c(C(F)(F)F)nc2ccccc21. The van der Waals surface area contributed by atoms with E-state index in [1.165, 1.54) is 9.47 Å². The van der Waals surface area contributed by atoms with E-state index in [1.54, 1.807) is 24.3 Å². The van der Waals surface area contributed by atoms with Crippen molar-refractivity contribution in [3.05, 3.63) is 66.0 Å². The molecule has 0 spiro atoms. The van der Waals surface area contributed by atoms with Gasteiger partial charge in [-0.05, 0) is 30.5 Å². The van der Waals surface area contributed by atoms with E-state index in [-0.39, 0.29) is 24.7 Å². The Hall–Kier alpha value is -3.03. The van der Waals surface area contributed by atoms with E-state index in [1.807, 2.05) is 30.3 Å². The fourth-order valence-electron chi connectivity index (χ4n) is 3.76. The van der Waals surface area contributed by atoms with Crippen LogP contribution in [-0.2, 0) is 24.1 Å². The molecule has 0 radical (unpaired) electrons. The average molecular weight is 403 g/mol. The molecule has 2 aromatic carbocycles. The summed E-state index contributed by atoms with van der Waals surface area (Å²) in [7, 11) is 0. The summed E-state index contributed by atoms with van der Waals surface area (Å²) in [6, 6.07) is 15.4. The van der Waals surface area contributed by atoms with Gasteiger partial charge in [-0.25, -0.2) is 9.78 Å². The molecular weight excluding hydrogens is 383 g/mol. The summed E-state index contributed by atoms with van der Waals surface area (Å²) in [5, 5.41) is 0. The summed E-state index contributed by atoms with van der Waals surface area (Å²) in [5.74, 6) is -0.941. The van der Waals surface area contributed by atoms with E-state index in [4.69, 9.17) is 4.74 Å². The van der Waals surface area contributed by atoms with Crippen LogP contribution in [-0.4, -0.2) is 33.1 Å². The van der Waals surface area contributed by atoms with Crippen molar-refractivity contribution in [3.63, 3.8) is 0 Å². The topological polar surface area (TPSA) is 47.4 Å². The summed E-state index contributed by atoms with van der Waals surface area (Å²) in [6.07, 6.45) is -3.74. The third kappa shape index (κ3) is 4.06. The van der Waals surface area contributed by atoms with Crippen molar-refractivity contribution in [1.29, 1.82) is 0 Å². The predicted octanol–water partition coefficient (Wildman–Crippen LogP) is 4.86. The van der Waals surface area contributed by atoms with Gasteiger partial charge in [-0.3, -0.25) is 0 Å². The van der Waals surface area contributed by atoms with Gasteiger partial charge in [-0.2, -0.15) is 13.2 Å². The van der Waals surface area contributed by atoms with Gasteiger partial charge in [-0.15, -0.1) is 0 Å². The highest BCUT2D eigenvalue weighted by molar-refractivity contribution is 5.76. The third-order valence-electron chi connectivity index (χ3n) is 5.12. The van der Waals surface area contributed by atoms with Crippen LogP contribution in [0.5, 0.6) is 0 Å². The van der Waals surface area contributed by atoms with Gasteiger partial charge in [0.25, 0.3) is 0 Å². The first-order chi connectivity index (χ1) is 13.9. The molecule has 29 heavy (non-hydrogen) atoms. The number of likely N-dealkylation sites (tertiary alicyclic amines) is 1. The number of fused-ring (bicyclic) bond motifs is 1. The first-order valence-corrected chi connectivity index (χ1v) is 9.43. The van der Waals surface area contributed by atoms with Crippen molar-refractivity contribution in [2.24, 2.45) is 0 Å². The molecule has 1 atom stereocenters. The van der Waals surface area contributed by atoms with Crippen LogP contribution in [0.3, 0.4) is 0 Å². The number of para-hydroxylation sites is 2. The first kappa shape index (κ1) is 19.3. The largest absolute Gasteiger partial charge is 0.449 e. The molecule has 8 heteroatoms. The fraction of sp³-hybridized carbons (Fsp3) is 0.333. The second-order valence-corrected chi connectivity index (χ2v) is 7.06. The number of imidazole rings is 1. The van der Waals surface area contributed by atoms with E-state index in [2.05, 4.69) is 4.98 Å². The molecule has 0 saturated carbocycles. The Morgan fingerprint density at radius 2 is 1.83 bits per heavy atom. The lowest BCUT2D eigenvalue weighted by molar-refractivity contribution is -0.147. The number of carbonyl (C=O) groups excluding carboxylic acids is 1. The molecule has 1 saturated heterocycles. The zero-order chi connectivity index (χ0) is 20.4. The normalized spacial score (nSPS) is 17.1. The number of carbonyl (C=O) groups is 1. The van der Waals surface area contributed by atoms with Gasteiger partial charge < -0.3 is 14.2 Å². The molecular formula is C21H20F3N3O2. The van der Waals surface area contributed by atoms with Crippen LogP contribution in [0.15, 0.2) is 54.6 Å². The smallest absolute Gasteiger partial charge is 0.445 e. The van der Waals surface area contributed by atoms with Crippen molar-refractivity contribution in [3.8, 4) is 0 Å². The van der Waals surface area contributed by atoms with Crippen molar-refractivity contribution < 1.29 is 22.7 Å². The summed E-state index contributed by atoms with van der Waals surface area (Å²) in [4.78, 5) is 17.9. The van der Waals surface area contributed by atoms with E-state index >= 15 is 0 Å². The molecule has 1 aliphatic rings. The van der Waals surface area contributed by atoms with Gasteiger partial charge in [0.1, 0.15) is 6.61 Å². The van der Waals surface area contributed by atoms with E-state index < -0.39 is 18.1 Å². The lowest BCUT2D eigenvalue weighted by Gasteiger charge is -2.25. The highest BCUT2D eigenvalue weighted by Crippen LogP contribution is 2.33. The lowest BCUT2D eigenvalue weighted by Crippen LogP contribution is -2.39. The molecule has 1 aliphatic heterocycles. The van der Waals surface area contributed by atoms with Gasteiger partial charge in [0.2, 0.25) is 5.82 Å². The molecule has 1 unspecified atom stereocenters. The number of halogens is 3. The van der Waals surface area contributed by atoms with Gasteiger partial charge in [0, 0.05) is 13.1 Å². The van der Waals surface area contributed by atoms with Crippen molar-refractivity contribution in [2.45, 2.75) is 38.2 Å². The van der Waals surface area contributed by atoms with Crippen LogP contribution >= 0.6 is 0 Å². The molecule has 4 rings (SSSR count). The zero-order valence-corrected chi connectivity index (χ0v) is 15.6. The minimum atomic E-state index is -4.57. The van der Waals surface area contributed by atoms with Gasteiger partial charge in [0.05, 0.1) is 17.1 Å². The Labute approximate surface area is 165 Å². The number of ether oxygens (including phenoxy) is 1. The van der Waals surface area contributed by atoms with E-state index in [0.29, 0.717) is 18.5 Å². The minimum Gasteiger partial charge on any atom is -0.445 e. The number of hydrogen-bond donors (Lipinski definition) is 0. The number of alkyl halides is 3. The van der Waals surface area contributed by atoms with Crippen molar-refractivity contribution in [1.82, 2.24) is 14.5 Å². The number of hydrogen-bond acceptors (Lipinski definition) is 3. The zero-order valence-electron chi connectivity index (χ0n) is 15.6. The maximum absolute atomic E-state index is 13.5. The maximum Gasteiger partial charge on any atom is 0.449 e. The lowest BCUT2D eigenvalue weighted by atomic mass is 10.2. The number of rotatable bonds is 4. The Morgan fingerprint density at radius 3 is 2.59 bits per heavy atom. The highest BCUT2D eigenvalue weighted by atomic mass is 19.4. The molecule has 1 fully saturated rings. The second kappa shape index (κ2) is 7.77. The monoisotopic (exact) mass is 403 g/mol. The molecule has 1 aromatic heterocycles. The van der Waals surface area contributed by atoms with Crippen molar-refractivity contribution in [2.75, 3.05) is 6.54 Å². The second-order valence-electron chi connectivity index (χ2n) is 7.06. The number of nitrogens with zero attached hydrogens (tertiary/aromatic N) is 3. The molecule has 3 aromatic rings. The number of amides is 1. The van der Waals surface area contributed by atoms with Crippen LogP contribution in [0.1, 0.15) is 24.2 Å². The van der Waals surface area contributed by atoms with E-state index in [9.17, 15) is 18.0 Å². The average Bonchev–Trinajstić information content (AvgIpc) is 3.32. The van der Waals surface area contributed by atoms with E-state index in [0.717, 1.165) is 12.0 Å². The minimum absolute atomic E-state index is 0.0236. The summed E-state index contributed by atoms with van der Waals surface area (Å²) in [5.41, 5.74) is 1.55. The van der Waals surface area contributed by atoms with Gasteiger partial charge in [-0.1, -0.05) is 42.5 Å². The van der Waals surface area contributed by atoms with Crippen LogP contribution in [0.2, 0.25) is 0 Å². The van der Waals surface area contributed by atoms with Crippen molar-refractivity contribution >= 4 is 17.1 Å². The molecule has 1 amide bonds. The summed E-state index contributed by atoms with van der Waals surface area (Å²) >= 11 is 0. The summed E-state index contributed by atoms with van der Waals surface area (Å²) in [6.45, 7) is 0.618. The predicted molar refractivity (Wildman–Crippen MR) is 101 cm³/mol. The highest BCUT2D eigenvalue weighted by Gasteiger charge is 2.39. The Morgan fingerprint density at radius 1 is 1.10 bits per heavy atom. The quantitative estimate of drug-likeness (QED) is 0.625. The van der Waals surface area contributed by atoms with Crippen LogP contribution < -0.4 is 0 Å². The summed E-state index contributed by atoms with van der Waals surface area (Å²) < 4.78 is 47.2. The molecule has 5 nitrogen and oxygen atoms in total. The Kier molecular flexibility index (Phi) is 5.17. The van der Waals surface area contributed by atoms with Crippen LogP contribution in [0.25, 0.3) is 11.0 Å². The maximum atomic E-state index is 13.5. The Balaban J connectivity index is 1.53. The standard InChI is InChI=1S/C21H20F3N3O2/c22-21(23,24)19-25-17-10-4-5-11-18(17)27(19)13-16-9-6-12-26(16)20(28)29-14-15-7-2-1-3-8-15/h1-5,7-8,10-11,16H,6,9,12-14H2. The van der Waals surface area contributed by atoms with Gasteiger partial charge in [0.15, 0.2) is 0 Å². The third-order valence-corrected chi connectivity index (χ3v) is 5.12. The molecule has 2 heterocycles. The van der Waals surface area contributed by atoms with Gasteiger partial charge >= 0.3 is 12.3 Å². The number of aromatic nitrogens is 2. The fourth-order valence-corrected chi connectivity index (χ4v) is 3.76. The van der Waals surface area contributed by atoms with Crippen LogP contribution in [0, 0.1) is 0 Å². The molecule has 0 N–H and O–H groups in total. The Bertz CT molecular complexity index is 1000. The van der Waals surface area contributed by atoms with Crippen LogP contribution in [0.4, 0.5) is 18.0 Å². The molecule has 0 bridgehead atoms.